The van der Waals surface area contributed by atoms with Crippen molar-refractivity contribution in [1.82, 2.24) is 0 Å². The molecule has 1 aromatic carbocycles. The minimum absolute atomic E-state index is 0.169. The number of aryl methyl sites for hydroxylation is 1. The molecule has 0 unspecified atom stereocenters. The number of ether oxygens (including phenoxy) is 1. The van der Waals surface area contributed by atoms with Crippen molar-refractivity contribution in [2.45, 2.75) is 33.1 Å². The molecule has 0 radical (unpaired) electrons. The van der Waals surface area contributed by atoms with E-state index in [1.54, 1.807) is 0 Å². The van der Waals surface area contributed by atoms with E-state index in [4.69, 9.17) is 4.74 Å². The Morgan fingerprint density at radius 1 is 1.25 bits per heavy atom. The minimum atomic E-state index is -0.169. The Morgan fingerprint density at radius 2 is 1.88 bits per heavy atom. The highest BCUT2D eigenvalue weighted by atomic mass is 16.5. The summed E-state index contributed by atoms with van der Waals surface area (Å²) in [7, 11) is 1.43. The molecule has 0 aromatic heterocycles. The van der Waals surface area contributed by atoms with Gasteiger partial charge >= 0.3 is 5.97 Å². The fourth-order valence-corrected chi connectivity index (χ4v) is 1.65. The SMILES string of the molecule is COC(=O)Cc1ccccc1CCC(C)C. The molecule has 0 spiro atoms. The van der Waals surface area contributed by atoms with Crippen LogP contribution in [0.1, 0.15) is 31.4 Å². The summed E-state index contributed by atoms with van der Waals surface area (Å²) >= 11 is 0. The van der Waals surface area contributed by atoms with Crippen LogP contribution in [0.4, 0.5) is 0 Å². The lowest BCUT2D eigenvalue weighted by Crippen LogP contribution is -2.07. The van der Waals surface area contributed by atoms with Gasteiger partial charge in [0.1, 0.15) is 0 Å². The Balaban J connectivity index is 2.71. The van der Waals surface area contributed by atoms with E-state index in [0.717, 1.165) is 18.4 Å². The van der Waals surface area contributed by atoms with Gasteiger partial charge in [-0.25, -0.2) is 0 Å². The summed E-state index contributed by atoms with van der Waals surface area (Å²) in [5.41, 5.74) is 2.36. The van der Waals surface area contributed by atoms with Gasteiger partial charge in [-0.2, -0.15) is 0 Å². The summed E-state index contributed by atoms with van der Waals surface area (Å²) in [6, 6.07) is 8.10. The van der Waals surface area contributed by atoms with Gasteiger partial charge in [-0.1, -0.05) is 38.1 Å². The number of benzene rings is 1. The van der Waals surface area contributed by atoms with E-state index < -0.39 is 0 Å². The highest BCUT2D eigenvalue weighted by Crippen LogP contribution is 2.15. The Bertz CT molecular complexity index is 342. The Kier molecular flexibility index (Phi) is 5.03. The number of carbonyl (C=O) groups excluding carboxylic acids is 1. The fourth-order valence-electron chi connectivity index (χ4n) is 1.65. The minimum Gasteiger partial charge on any atom is -0.469 e. The summed E-state index contributed by atoms with van der Waals surface area (Å²) in [5, 5.41) is 0. The molecule has 0 amide bonds. The van der Waals surface area contributed by atoms with Crippen LogP contribution >= 0.6 is 0 Å². The number of hydrogen-bond acceptors (Lipinski definition) is 2. The molecule has 0 atom stereocenters. The maximum Gasteiger partial charge on any atom is 0.309 e. The third-order valence-corrected chi connectivity index (χ3v) is 2.67. The zero-order chi connectivity index (χ0) is 12.0. The number of hydrogen-bond donors (Lipinski definition) is 0. The van der Waals surface area contributed by atoms with Gasteiger partial charge in [-0.3, -0.25) is 4.79 Å². The van der Waals surface area contributed by atoms with Crippen molar-refractivity contribution >= 4 is 5.97 Å². The zero-order valence-corrected chi connectivity index (χ0v) is 10.3. The second-order valence-corrected chi connectivity index (χ2v) is 4.45. The number of methoxy groups -OCH3 is 1. The maximum absolute atomic E-state index is 11.2. The van der Waals surface area contributed by atoms with E-state index in [0.29, 0.717) is 12.3 Å². The van der Waals surface area contributed by atoms with Crippen LogP contribution in [0.3, 0.4) is 0 Å². The Morgan fingerprint density at radius 3 is 2.44 bits per heavy atom. The first-order valence-electron chi connectivity index (χ1n) is 5.77. The van der Waals surface area contributed by atoms with Crippen LogP contribution in [0, 0.1) is 5.92 Å². The van der Waals surface area contributed by atoms with Crippen molar-refractivity contribution in [2.24, 2.45) is 5.92 Å². The van der Waals surface area contributed by atoms with Gasteiger partial charge in [0.25, 0.3) is 0 Å². The summed E-state index contributed by atoms with van der Waals surface area (Å²) in [4.78, 5) is 11.2. The van der Waals surface area contributed by atoms with Gasteiger partial charge in [0.15, 0.2) is 0 Å². The maximum atomic E-state index is 11.2. The molecule has 0 aliphatic rings. The molecule has 1 rings (SSSR count). The Hall–Kier alpha value is -1.31. The Labute approximate surface area is 97.6 Å². The molecule has 0 saturated carbocycles. The number of rotatable bonds is 5. The number of carbonyl (C=O) groups is 1. The summed E-state index contributed by atoms with van der Waals surface area (Å²) < 4.78 is 4.70. The summed E-state index contributed by atoms with van der Waals surface area (Å²) in [5.74, 6) is 0.517. The molecule has 0 aliphatic carbocycles. The molecule has 0 heterocycles. The predicted molar refractivity (Wildman–Crippen MR) is 65.3 cm³/mol. The van der Waals surface area contributed by atoms with Crippen molar-refractivity contribution in [3.05, 3.63) is 35.4 Å². The molecule has 0 fully saturated rings. The van der Waals surface area contributed by atoms with E-state index >= 15 is 0 Å². The smallest absolute Gasteiger partial charge is 0.309 e. The van der Waals surface area contributed by atoms with Gasteiger partial charge in [0.2, 0.25) is 0 Å². The summed E-state index contributed by atoms with van der Waals surface area (Å²) in [6.45, 7) is 4.42. The quantitative estimate of drug-likeness (QED) is 0.713. The van der Waals surface area contributed by atoms with Crippen LogP contribution in [0.2, 0.25) is 0 Å². The molecular weight excluding hydrogens is 200 g/mol. The van der Waals surface area contributed by atoms with Crippen LogP contribution in [0.15, 0.2) is 24.3 Å². The fraction of sp³-hybridized carbons (Fsp3) is 0.500. The molecule has 0 bridgehead atoms. The number of esters is 1. The normalized spacial score (nSPS) is 10.5. The van der Waals surface area contributed by atoms with Crippen LogP contribution < -0.4 is 0 Å². The largest absolute Gasteiger partial charge is 0.469 e. The molecule has 16 heavy (non-hydrogen) atoms. The average molecular weight is 220 g/mol. The first kappa shape index (κ1) is 12.8. The van der Waals surface area contributed by atoms with E-state index in [1.807, 2.05) is 18.2 Å². The highest BCUT2D eigenvalue weighted by molar-refractivity contribution is 5.72. The van der Waals surface area contributed by atoms with Crippen molar-refractivity contribution in [3.63, 3.8) is 0 Å². The van der Waals surface area contributed by atoms with Crippen LogP contribution in [0.5, 0.6) is 0 Å². The second-order valence-electron chi connectivity index (χ2n) is 4.45. The second kappa shape index (κ2) is 6.31. The monoisotopic (exact) mass is 220 g/mol. The molecule has 2 nitrogen and oxygen atoms in total. The highest BCUT2D eigenvalue weighted by Gasteiger charge is 2.07. The van der Waals surface area contributed by atoms with Crippen molar-refractivity contribution < 1.29 is 9.53 Å². The molecule has 0 saturated heterocycles. The lowest BCUT2D eigenvalue weighted by atomic mass is 9.97. The van der Waals surface area contributed by atoms with Crippen LogP contribution in [-0.4, -0.2) is 13.1 Å². The first-order valence-corrected chi connectivity index (χ1v) is 5.77. The van der Waals surface area contributed by atoms with Gasteiger partial charge in [0, 0.05) is 0 Å². The third-order valence-electron chi connectivity index (χ3n) is 2.67. The van der Waals surface area contributed by atoms with E-state index in [9.17, 15) is 4.79 Å². The van der Waals surface area contributed by atoms with E-state index in [-0.39, 0.29) is 5.97 Å². The molecular formula is C14H20O2. The predicted octanol–water partition coefficient (Wildman–Crippen LogP) is 2.99. The van der Waals surface area contributed by atoms with Gasteiger partial charge in [-0.15, -0.1) is 0 Å². The van der Waals surface area contributed by atoms with Gasteiger partial charge in [-0.05, 0) is 29.9 Å². The molecule has 0 aliphatic heterocycles. The van der Waals surface area contributed by atoms with Crippen molar-refractivity contribution in [3.8, 4) is 0 Å². The molecule has 0 N–H and O–H groups in total. The standard InChI is InChI=1S/C14H20O2/c1-11(2)8-9-12-6-4-5-7-13(12)10-14(15)16-3/h4-7,11H,8-10H2,1-3H3. The molecule has 88 valence electrons. The van der Waals surface area contributed by atoms with Crippen LogP contribution in [-0.2, 0) is 22.4 Å². The van der Waals surface area contributed by atoms with Crippen molar-refractivity contribution in [2.75, 3.05) is 7.11 Å². The summed E-state index contributed by atoms with van der Waals surface area (Å²) in [6.07, 6.45) is 2.56. The zero-order valence-electron chi connectivity index (χ0n) is 10.3. The van der Waals surface area contributed by atoms with Gasteiger partial charge < -0.3 is 4.74 Å². The topological polar surface area (TPSA) is 26.3 Å². The van der Waals surface area contributed by atoms with E-state index in [1.165, 1.54) is 12.7 Å². The van der Waals surface area contributed by atoms with Gasteiger partial charge in [0.05, 0.1) is 13.5 Å². The molecule has 1 aromatic rings. The third kappa shape index (κ3) is 4.05. The van der Waals surface area contributed by atoms with Crippen molar-refractivity contribution in [1.29, 1.82) is 0 Å². The van der Waals surface area contributed by atoms with Crippen LogP contribution in [0.25, 0.3) is 0 Å². The lowest BCUT2D eigenvalue weighted by Gasteiger charge is -2.09. The molecule has 2 heteroatoms. The van der Waals surface area contributed by atoms with E-state index in [2.05, 4.69) is 19.9 Å². The first-order chi connectivity index (χ1) is 7.63. The lowest BCUT2D eigenvalue weighted by molar-refractivity contribution is -0.139. The average Bonchev–Trinajstić information content (AvgIpc) is 2.27.